The predicted octanol–water partition coefficient (Wildman–Crippen LogP) is 4.24. The number of hydrogen-bond donors (Lipinski definition) is 2. The molecular formula is C30H31F3N7O3+. The van der Waals surface area contributed by atoms with Crippen LogP contribution in [0.5, 0.6) is 0 Å². The Bertz CT molecular complexity index is 1580. The number of anilines is 1. The Hall–Kier alpha value is -4.20. The highest BCUT2D eigenvalue weighted by Gasteiger charge is 2.48. The topological polar surface area (TPSA) is 122 Å². The van der Waals surface area contributed by atoms with E-state index in [-0.39, 0.29) is 27.8 Å². The normalized spacial score (nSPS) is 24.6. The average molecular weight is 595 g/mol. The summed E-state index contributed by atoms with van der Waals surface area (Å²) in [5.74, 6) is 6.67. The van der Waals surface area contributed by atoms with Crippen molar-refractivity contribution in [2.75, 3.05) is 31.6 Å². The summed E-state index contributed by atoms with van der Waals surface area (Å²) in [5.41, 5.74) is 0.967. The maximum atomic E-state index is 13.4. The Morgan fingerprint density at radius 1 is 1.16 bits per heavy atom. The van der Waals surface area contributed by atoms with Gasteiger partial charge in [-0.1, -0.05) is 6.42 Å². The van der Waals surface area contributed by atoms with Crippen LogP contribution >= 0.6 is 0 Å². The fraction of sp³-hybridized carbons (Fsp3) is 0.367. The first-order valence-electron chi connectivity index (χ1n) is 14.0. The van der Waals surface area contributed by atoms with Crippen LogP contribution in [0.15, 0.2) is 76.4 Å². The number of rotatable bonds is 5. The monoisotopic (exact) mass is 594 g/mol. The van der Waals surface area contributed by atoms with E-state index in [9.17, 15) is 22.8 Å². The number of pyridine rings is 1. The molecule has 1 unspecified atom stereocenters. The van der Waals surface area contributed by atoms with Gasteiger partial charge in [0.1, 0.15) is 17.7 Å². The number of benzene rings is 1. The highest BCUT2D eigenvalue weighted by atomic mass is 19.4. The van der Waals surface area contributed by atoms with Gasteiger partial charge in [0, 0.05) is 30.8 Å². The third kappa shape index (κ3) is 5.39. The number of nitrogens with two attached hydrogens (primary N) is 1. The van der Waals surface area contributed by atoms with Crippen molar-refractivity contribution in [2.45, 2.75) is 32.4 Å². The zero-order valence-corrected chi connectivity index (χ0v) is 23.5. The van der Waals surface area contributed by atoms with Crippen LogP contribution in [-0.2, 0) is 15.7 Å². The van der Waals surface area contributed by atoms with Crippen LogP contribution in [0.2, 0.25) is 0 Å². The maximum absolute atomic E-state index is 13.4. The first-order chi connectivity index (χ1) is 20.5. The van der Waals surface area contributed by atoms with Crippen LogP contribution < -0.4 is 11.2 Å². The molecule has 13 heteroatoms. The number of hydrogen-bond acceptors (Lipinski definition) is 7. The Balaban J connectivity index is 1.24. The van der Waals surface area contributed by atoms with E-state index in [2.05, 4.69) is 15.3 Å². The molecule has 224 valence electrons. The zero-order chi connectivity index (χ0) is 30.4. The molecule has 1 aromatic carbocycles. The lowest BCUT2D eigenvalue weighted by Crippen LogP contribution is -2.54. The fourth-order valence-corrected chi connectivity index (χ4v) is 5.80. The summed E-state index contributed by atoms with van der Waals surface area (Å²) in [7, 11) is 0. The van der Waals surface area contributed by atoms with Gasteiger partial charge in [-0.15, -0.1) is 4.59 Å². The van der Waals surface area contributed by atoms with Crippen molar-refractivity contribution in [3.8, 4) is 0 Å². The SMILES string of the molecule is CC1(C(=O)N2CCCC[C@@H](C3=C4C=NC=C[N+]4(N)C(c4ccc(C(=O)Nc5cc(C(F)(F)F)ccn5)cc4)=N3)C2)COC1. The number of carbonyl (C=O) groups excluding carboxylic acids is 2. The molecule has 2 amide bonds. The molecule has 0 aliphatic carbocycles. The molecular weight excluding hydrogens is 563 g/mol. The molecule has 0 radical (unpaired) electrons. The van der Waals surface area contributed by atoms with Crippen molar-refractivity contribution in [1.29, 1.82) is 0 Å². The van der Waals surface area contributed by atoms with E-state index in [0.717, 1.165) is 43.3 Å². The van der Waals surface area contributed by atoms with Gasteiger partial charge in [0.15, 0.2) is 0 Å². The highest BCUT2D eigenvalue weighted by molar-refractivity contribution is 6.05. The Morgan fingerprint density at radius 3 is 2.63 bits per heavy atom. The van der Waals surface area contributed by atoms with Gasteiger partial charge >= 0.3 is 6.18 Å². The molecule has 0 spiro atoms. The van der Waals surface area contributed by atoms with Crippen molar-refractivity contribution in [3.63, 3.8) is 0 Å². The van der Waals surface area contributed by atoms with Crippen LogP contribution in [0.1, 0.15) is 47.7 Å². The van der Waals surface area contributed by atoms with E-state index in [4.69, 9.17) is 15.6 Å². The summed E-state index contributed by atoms with van der Waals surface area (Å²) in [6.45, 7) is 3.99. The molecule has 2 atom stereocenters. The van der Waals surface area contributed by atoms with Crippen LogP contribution in [0, 0.1) is 11.3 Å². The number of aliphatic imine (C=N–C) groups is 2. The molecule has 3 N–H and O–H groups in total. The summed E-state index contributed by atoms with van der Waals surface area (Å²) >= 11 is 0. The lowest BCUT2D eigenvalue weighted by atomic mass is 9.86. The number of halogens is 3. The van der Waals surface area contributed by atoms with Crippen LogP contribution in [0.4, 0.5) is 19.0 Å². The molecule has 43 heavy (non-hydrogen) atoms. The number of amidine groups is 1. The number of likely N-dealkylation sites (tertiary alicyclic amines) is 1. The van der Waals surface area contributed by atoms with Gasteiger partial charge in [-0.2, -0.15) is 24.0 Å². The number of allylic oxidation sites excluding steroid dienone is 1. The minimum atomic E-state index is -4.55. The van der Waals surface area contributed by atoms with Crippen LogP contribution in [-0.4, -0.2) is 64.6 Å². The number of alkyl halides is 3. The zero-order valence-electron chi connectivity index (χ0n) is 23.5. The second-order valence-corrected chi connectivity index (χ2v) is 11.5. The quantitative estimate of drug-likeness (QED) is 0.396. The van der Waals surface area contributed by atoms with Crippen molar-refractivity contribution in [3.05, 3.63) is 83.1 Å². The first kappa shape index (κ1) is 28.9. The maximum Gasteiger partial charge on any atom is 0.416 e. The summed E-state index contributed by atoms with van der Waals surface area (Å²) < 4.78 is 44.3. The summed E-state index contributed by atoms with van der Waals surface area (Å²) in [6.07, 6.45) is 4.15. The second kappa shape index (κ2) is 10.8. The number of amides is 2. The standard InChI is InChI=1S/C30H30F3N7O3/c1-29(17-43-18-29)28(42)39-12-3-2-4-21(16-39)25-23-15-35-11-13-40(23,34)26(38-25)19-5-7-20(8-6-19)27(41)37-24-14-22(9-10-36-24)30(31,32)33/h5-11,13-15,21H,2-4,12,16-18,34H2,1H3/p+1/t21-,40?/m1/s1. The average Bonchev–Trinajstić information content (AvgIpc) is 3.10. The lowest BCUT2D eigenvalue weighted by Gasteiger charge is -2.40. The molecule has 4 aliphatic rings. The molecule has 2 fully saturated rings. The lowest BCUT2D eigenvalue weighted by molar-refractivity contribution is -0.750. The highest BCUT2D eigenvalue weighted by Crippen LogP contribution is 2.38. The van der Waals surface area contributed by atoms with Gasteiger partial charge in [-0.3, -0.25) is 14.6 Å². The Kier molecular flexibility index (Phi) is 7.27. The Morgan fingerprint density at radius 2 is 1.93 bits per heavy atom. The number of ether oxygens (including phenoxy) is 1. The third-order valence-corrected chi connectivity index (χ3v) is 8.26. The van der Waals surface area contributed by atoms with E-state index in [1.807, 2.05) is 11.8 Å². The number of quaternary nitrogens is 1. The van der Waals surface area contributed by atoms with E-state index < -0.39 is 23.1 Å². The van der Waals surface area contributed by atoms with Crippen molar-refractivity contribution < 1.29 is 32.1 Å². The fourth-order valence-electron chi connectivity index (χ4n) is 5.80. The van der Waals surface area contributed by atoms with Crippen LogP contribution in [0.3, 0.4) is 0 Å². The number of carbonyl (C=O) groups is 2. The van der Waals surface area contributed by atoms with E-state index in [1.165, 1.54) is 0 Å². The van der Waals surface area contributed by atoms with Gasteiger partial charge in [-0.05, 0) is 56.2 Å². The minimum Gasteiger partial charge on any atom is -0.379 e. The molecule has 10 nitrogen and oxygen atoms in total. The van der Waals surface area contributed by atoms with Gasteiger partial charge in [0.05, 0.1) is 42.2 Å². The molecule has 6 rings (SSSR count). The summed E-state index contributed by atoms with van der Waals surface area (Å²) in [5, 5.41) is 2.41. The molecule has 5 heterocycles. The van der Waals surface area contributed by atoms with E-state index >= 15 is 0 Å². The van der Waals surface area contributed by atoms with Crippen LogP contribution in [0.25, 0.3) is 0 Å². The predicted molar refractivity (Wildman–Crippen MR) is 152 cm³/mol. The number of nitrogens with one attached hydrogen (secondary N) is 1. The third-order valence-electron chi connectivity index (χ3n) is 8.26. The summed E-state index contributed by atoms with van der Waals surface area (Å²) in [4.78, 5) is 41.2. The van der Waals surface area contributed by atoms with Crippen molar-refractivity contribution >= 4 is 29.7 Å². The molecule has 0 saturated carbocycles. The minimum absolute atomic E-state index is 0.0486. The first-order valence-corrected chi connectivity index (χ1v) is 14.0. The van der Waals surface area contributed by atoms with Crippen molar-refractivity contribution in [2.24, 2.45) is 27.2 Å². The van der Waals surface area contributed by atoms with Gasteiger partial charge in [0.25, 0.3) is 11.7 Å². The molecule has 4 aliphatic heterocycles. The molecule has 1 aromatic heterocycles. The molecule has 0 bridgehead atoms. The van der Waals surface area contributed by atoms with E-state index in [0.29, 0.717) is 43.4 Å². The number of nitrogens with zero attached hydrogens (tertiary/aromatic N) is 5. The van der Waals surface area contributed by atoms with E-state index in [1.54, 1.807) is 42.9 Å². The van der Waals surface area contributed by atoms with Gasteiger partial charge in [-0.25, -0.2) is 4.98 Å². The number of fused-ring (bicyclic) bond motifs is 1. The Labute approximate surface area is 246 Å². The van der Waals surface area contributed by atoms with Gasteiger partial charge < -0.3 is 15.0 Å². The van der Waals surface area contributed by atoms with Gasteiger partial charge in [0.2, 0.25) is 11.6 Å². The number of aromatic nitrogens is 1. The largest absolute Gasteiger partial charge is 0.416 e. The molecule has 2 aromatic rings. The molecule has 2 saturated heterocycles. The second-order valence-electron chi connectivity index (χ2n) is 11.5. The van der Waals surface area contributed by atoms with Crippen molar-refractivity contribution in [1.82, 2.24) is 9.88 Å². The summed E-state index contributed by atoms with van der Waals surface area (Å²) in [6, 6.07) is 8.12. The smallest absolute Gasteiger partial charge is 0.379 e.